The van der Waals surface area contributed by atoms with Crippen molar-refractivity contribution in [1.29, 1.82) is 0 Å². The van der Waals surface area contributed by atoms with E-state index in [4.69, 9.17) is 26.8 Å². The number of hydrogen-bond acceptors (Lipinski definition) is 8. The van der Waals surface area contributed by atoms with Crippen molar-refractivity contribution in [1.82, 2.24) is 19.6 Å². The second-order valence-electron chi connectivity index (χ2n) is 14.4. The molecule has 0 saturated carbocycles. The second-order valence-corrected chi connectivity index (χ2v) is 14.8. The van der Waals surface area contributed by atoms with Crippen LogP contribution < -0.4 is 11.1 Å². The molecule has 0 bridgehead atoms. The van der Waals surface area contributed by atoms with Crippen LogP contribution in [0, 0.1) is 0 Å². The molecule has 0 radical (unpaired) electrons. The molecule has 294 valence electrons. The molecule has 4 amide bonds. The first kappa shape index (κ1) is 39.5. The van der Waals surface area contributed by atoms with Gasteiger partial charge in [0.25, 0.3) is 5.91 Å². The van der Waals surface area contributed by atoms with Gasteiger partial charge in [-0.05, 0) is 87.7 Å². The number of likely N-dealkylation sites (tertiary alicyclic amines) is 3. The van der Waals surface area contributed by atoms with Crippen LogP contribution in [0.5, 0.6) is 0 Å². The Balaban J connectivity index is 1.13. The van der Waals surface area contributed by atoms with E-state index < -0.39 is 35.5 Å². The number of alkyl halides is 3. The predicted octanol–water partition coefficient (Wildman–Crippen LogP) is 5.95. The number of benzene rings is 2. The minimum Gasteiger partial charge on any atom is -0.465 e. The first-order valence-electron chi connectivity index (χ1n) is 18.8. The molecule has 54 heavy (non-hydrogen) atoms. The number of ether oxygens (including phenoxy) is 2. The van der Waals surface area contributed by atoms with Crippen molar-refractivity contribution in [2.24, 2.45) is 0 Å². The lowest BCUT2D eigenvalue weighted by Crippen LogP contribution is -2.56. The molecule has 0 aliphatic carbocycles. The Bertz CT molecular complexity index is 1700. The van der Waals surface area contributed by atoms with E-state index in [0.29, 0.717) is 64.8 Å². The van der Waals surface area contributed by atoms with Crippen LogP contribution in [0.15, 0.2) is 36.4 Å². The molecule has 3 saturated heterocycles. The van der Waals surface area contributed by atoms with Gasteiger partial charge in [-0.15, -0.1) is 0 Å². The number of piperidine rings is 3. The van der Waals surface area contributed by atoms with E-state index in [1.807, 2.05) is 24.3 Å². The molecule has 2 aromatic rings. The molecule has 3 fully saturated rings. The number of nitrogen functional groups attached to an aromatic ring is 1. The van der Waals surface area contributed by atoms with Gasteiger partial charge in [0.1, 0.15) is 6.04 Å². The van der Waals surface area contributed by atoms with Gasteiger partial charge in [-0.2, -0.15) is 13.2 Å². The SMILES string of the molecule is CCOC(=O)[C@H]1CCCCN1C1CCN(C(=O)[C@@H](Cc2cc(Cl)c(N)c(C(F)(F)F)c2)OC(=O)N2CCC(N3CCc4ccccc4NC3=O)CC2)CC1. The third kappa shape index (κ3) is 8.99. The average molecular weight is 777 g/mol. The number of nitrogens with zero attached hydrogens (tertiary/aromatic N) is 4. The fraction of sp³-hybridized carbons (Fsp3) is 0.579. The Morgan fingerprint density at radius 2 is 1.63 bits per heavy atom. The maximum absolute atomic E-state index is 14.1. The van der Waals surface area contributed by atoms with Crippen LogP contribution in [0.1, 0.15) is 68.6 Å². The van der Waals surface area contributed by atoms with E-state index in [1.54, 1.807) is 16.7 Å². The molecule has 12 nitrogen and oxygen atoms in total. The Hall–Kier alpha value is -4.24. The Kier molecular flexibility index (Phi) is 12.5. The fourth-order valence-electron chi connectivity index (χ4n) is 8.22. The maximum Gasteiger partial charge on any atom is 0.418 e. The third-order valence-corrected chi connectivity index (χ3v) is 11.4. The first-order valence-corrected chi connectivity index (χ1v) is 19.2. The molecule has 6 rings (SSSR count). The number of carbonyl (C=O) groups is 4. The minimum absolute atomic E-state index is 0.0387. The molecule has 4 heterocycles. The van der Waals surface area contributed by atoms with Gasteiger partial charge in [-0.3, -0.25) is 14.5 Å². The van der Waals surface area contributed by atoms with Crippen molar-refractivity contribution in [3.8, 4) is 0 Å². The molecule has 0 unspecified atom stereocenters. The summed E-state index contributed by atoms with van der Waals surface area (Å²) in [5, 5.41) is 2.66. The Morgan fingerprint density at radius 3 is 2.33 bits per heavy atom. The minimum atomic E-state index is -4.80. The zero-order valence-electron chi connectivity index (χ0n) is 30.4. The van der Waals surface area contributed by atoms with Crippen LogP contribution in [0.4, 0.5) is 34.1 Å². The molecule has 0 aromatic heterocycles. The van der Waals surface area contributed by atoms with E-state index in [0.717, 1.165) is 36.7 Å². The molecule has 4 aliphatic heterocycles. The van der Waals surface area contributed by atoms with E-state index in [1.165, 1.54) is 11.0 Å². The number of fused-ring (bicyclic) bond motifs is 1. The van der Waals surface area contributed by atoms with Crippen molar-refractivity contribution in [2.45, 2.75) is 95.1 Å². The summed E-state index contributed by atoms with van der Waals surface area (Å²) in [5.41, 5.74) is 5.78. The lowest BCUT2D eigenvalue weighted by molar-refractivity contribution is -0.153. The number of halogens is 4. The predicted molar refractivity (Wildman–Crippen MR) is 196 cm³/mol. The summed E-state index contributed by atoms with van der Waals surface area (Å²) in [7, 11) is 0. The number of para-hydroxylation sites is 1. The standard InChI is InChI=1S/C38H48ClF3N6O6/c1-2-53-35(50)31-9-5-6-15-47(31)26-11-16-45(17-12-26)34(49)32(23-24-21-28(38(40,41)42)33(43)29(39)22-24)54-37(52)46-18-13-27(14-19-46)48-20-10-25-7-3-4-8-30(25)44-36(48)51/h3-4,7-8,21-22,26-27,31-32H,2,5-6,9-20,23,43H2,1H3,(H,44,51)/t31-,32-/m1/s1. The zero-order chi connectivity index (χ0) is 38.6. The largest absolute Gasteiger partial charge is 0.465 e. The van der Waals surface area contributed by atoms with Gasteiger partial charge in [0.2, 0.25) is 0 Å². The van der Waals surface area contributed by atoms with Gasteiger partial charge in [0.05, 0.1) is 22.9 Å². The molecule has 2 aromatic carbocycles. The number of anilines is 2. The van der Waals surface area contributed by atoms with E-state index in [9.17, 15) is 32.3 Å². The number of hydrogen-bond donors (Lipinski definition) is 2. The van der Waals surface area contributed by atoms with E-state index in [2.05, 4.69) is 10.2 Å². The number of esters is 1. The highest BCUT2D eigenvalue weighted by molar-refractivity contribution is 6.33. The van der Waals surface area contributed by atoms with Crippen molar-refractivity contribution < 1.29 is 41.8 Å². The second kappa shape index (κ2) is 17.1. The highest BCUT2D eigenvalue weighted by atomic mass is 35.5. The van der Waals surface area contributed by atoms with E-state index >= 15 is 0 Å². The van der Waals surface area contributed by atoms with Crippen LogP contribution >= 0.6 is 11.6 Å². The summed E-state index contributed by atoms with van der Waals surface area (Å²) in [5.74, 6) is -0.771. The van der Waals surface area contributed by atoms with Gasteiger partial charge in [-0.1, -0.05) is 36.2 Å². The van der Waals surface area contributed by atoms with E-state index in [-0.39, 0.29) is 60.2 Å². The molecule has 2 atom stereocenters. The maximum atomic E-state index is 14.1. The smallest absolute Gasteiger partial charge is 0.418 e. The van der Waals surface area contributed by atoms with Crippen LogP contribution in [-0.2, 0) is 38.1 Å². The monoisotopic (exact) mass is 776 g/mol. The number of nitrogens with two attached hydrogens (primary N) is 1. The summed E-state index contributed by atoms with van der Waals surface area (Å²) < 4.78 is 52.8. The molecule has 0 spiro atoms. The first-order chi connectivity index (χ1) is 25.8. The molecule has 16 heteroatoms. The number of carbonyl (C=O) groups excluding carboxylic acids is 4. The number of nitrogens with one attached hydrogen (secondary N) is 1. The normalized spacial score (nSPS) is 21.2. The average Bonchev–Trinajstić information content (AvgIpc) is 3.33. The Labute approximate surface area is 318 Å². The number of urea groups is 1. The van der Waals surface area contributed by atoms with Gasteiger partial charge in [-0.25, -0.2) is 9.59 Å². The van der Waals surface area contributed by atoms with Crippen LogP contribution in [0.3, 0.4) is 0 Å². The third-order valence-electron chi connectivity index (χ3n) is 11.1. The Morgan fingerprint density at radius 1 is 0.944 bits per heavy atom. The topological polar surface area (TPSA) is 138 Å². The van der Waals surface area contributed by atoms with Gasteiger partial charge >= 0.3 is 24.3 Å². The van der Waals surface area contributed by atoms with Crippen LogP contribution in [-0.4, -0.2) is 114 Å². The lowest BCUT2D eigenvalue weighted by Gasteiger charge is -2.44. The highest BCUT2D eigenvalue weighted by Gasteiger charge is 2.40. The summed E-state index contributed by atoms with van der Waals surface area (Å²) in [6.07, 6.45) is -1.98. The summed E-state index contributed by atoms with van der Waals surface area (Å²) in [4.78, 5) is 60.6. The molecule has 3 N–H and O–H groups in total. The van der Waals surface area contributed by atoms with Gasteiger partial charge in [0, 0.05) is 56.9 Å². The quantitative estimate of drug-likeness (QED) is 0.248. The van der Waals surface area contributed by atoms with Crippen molar-refractivity contribution in [3.05, 3.63) is 58.1 Å². The lowest BCUT2D eigenvalue weighted by atomic mass is 9.94. The van der Waals surface area contributed by atoms with Crippen LogP contribution in [0.25, 0.3) is 0 Å². The van der Waals surface area contributed by atoms with Crippen molar-refractivity contribution in [3.63, 3.8) is 0 Å². The molecular weight excluding hydrogens is 729 g/mol. The van der Waals surface area contributed by atoms with Crippen molar-refractivity contribution >= 4 is 47.0 Å². The fourth-order valence-corrected chi connectivity index (χ4v) is 8.46. The summed E-state index contributed by atoms with van der Waals surface area (Å²) >= 11 is 6.13. The highest BCUT2D eigenvalue weighted by Crippen LogP contribution is 2.38. The summed E-state index contributed by atoms with van der Waals surface area (Å²) in [6, 6.07) is 9.12. The van der Waals surface area contributed by atoms with Gasteiger partial charge in [0.15, 0.2) is 6.10 Å². The molecular formula is C38H48ClF3N6O6. The van der Waals surface area contributed by atoms with Gasteiger partial charge < -0.3 is 35.2 Å². The number of rotatable bonds is 8. The zero-order valence-corrected chi connectivity index (χ0v) is 31.2. The van der Waals surface area contributed by atoms with Crippen LogP contribution in [0.2, 0.25) is 5.02 Å². The number of amides is 4. The molecule has 4 aliphatic rings. The summed E-state index contributed by atoms with van der Waals surface area (Å²) in [6.45, 7) is 4.48. The van der Waals surface area contributed by atoms with Crippen molar-refractivity contribution in [2.75, 3.05) is 56.9 Å².